The molecule has 0 aromatic carbocycles. The van der Waals surface area contributed by atoms with Crippen LogP contribution in [0.5, 0.6) is 0 Å². The zero-order valence-electron chi connectivity index (χ0n) is 10.5. The van der Waals surface area contributed by atoms with Crippen LogP contribution in [0.3, 0.4) is 0 Å². The standard InChI is InChI=1S/C12H11F3N2O3/c1-20-11(19)7-4-10(18)17(6-7)9-5-16-3-2-8(9)12(13,14)15/h2-3,5,7H,4,6H2,1H3. The number of methoxy groups -OCH3 is 1. The maximum Gasteiger partial charge on any atom is 0.418 e. The number of nitrogens with zero attached hydrogens (tertiary/aromatic N) is 2. The van der Waals surface area contributed by atoms with Crippen LogP contribution in [0.2, 0.25) is 0 Å². The Hall–Kier alpha value is -2.12. The summed E-state index contributed by atoms with van der Waals surface area (Å²) in [6.45, 7) is -0.139. The molecule has 1 saturated heterocycles. The number of hydrogen-bond donors (Lipinski definition) is 0. The quantitative estimate of drug-likeness (QED) is 0.776. The second-order valence-electron chi connectivity index (χ2n) is 4.32. The Morgan fingerprint density at radius 3 is 2.80 bits per heavy atom. The fraction of sp³-hybridized carbons (Fsp3) is 0.417. The first-order chi connectivity index (χ1) is 9.34. The molecule has 1 aromatic heterocycles. The number of rotatable bonds is 2. The Morgan fingerprint density at radius 2 is 2.20 bits per heavy atom. The number of carbonyl (C=O) groups excluding carboxylic acids is 2. The molecule has 2 rings (SSSR count). The predicted molar refractivity (Wildman–Crippen MR) is 61.7 cm³/mol. The van der Waals surface area contributed by atoms with Crippen LogP contribution in [0.15, 0.2) is 18.5 Å². The molecule has 2 heterocycles. The zero-order valence-corrected chi connectivity index (χ0v) is 10.5. The van der Waals surface area contributed by atoms with Crippen LogP contribution < -0.4 is 4.90 Å². The summed E-state index contributed by atoms with van der Waals surface area (Å²) >= 11 is 0. The van der Waals surface area contributed by atoms with Crippen LogP contribution in [0, 0.1) is 5.92 Å². The summed E-state index contributed by atoms with van der Waals surface area (Å²) in [4.78, 5) is 27.7. The summed E-state index contributed by atoms with van der Waals surface area (Å²) in [5.41, 5.74) is -1.29. The second kappa shape index (κ2) is 5.10. The van der Waals surface area contributed by atoms with E-state index in [0.29, 0.717) is 0 Å². The third-order valence-electron chi connectivity index (χ3n) is 3.06. The minimum atomic E-state index is -4.60. The molecule has 0 N–H and O–H groups in total. The van der Waals surface area contributed by atoms with Gasteiger partial charge in [-0.25, -0.2) is 0 Å². The zero-order chi connectivity index (χ0) is 14.9. The highest BCUT2D eigenvalue weighted by atomic mass is 19.4. The fourth-order valence-corrected chi connectivity index (χ4v) is 2.11. The summed E-state index contributed by atoms with van der Waals surface area (Å²) in [6.07, 6.45) is -2.79. The summed E-state index contributed by atoms with van der Waals surface area (Å²) in [5, 5.41) is 0. The van der Waals surface area contributed by atoms with Gasteiger partial charge in [-0.1, -0.05) is 0 Å². The normalized spacial score (nSPS) is 19.3. The minimum absolute atomic E-state index is 0.139. The van der Waals surface area contributed by atoms with Crippen molar-refractivity contribution in [1.82, 2.24) is 4.98 Å². The number of pyridine rings is 1. The van der Waals surface area contributed by atoms with E-state index in [-0.39, 0.29) is 18.7 Å². The van der Waals surface area contributed by atoms with Crippen molar-refractivity contribution in [2.45, 2.75) is 12.6 Å². The van der Waals surface area contributed by atoms with Crippen LogP contribution in [-0.2, 0) is 20.5 Å². The van der Waals surface area contributed by atoms with E-state index in [1.54, 1.807) is 0 Å². The molecule has 1 amide bonds. The Bertz CT molecular complexity index is 545. The van der Waals surface area contributed by atoms with Crippen molar-refractivity contribution in [2.75, 3.05) is 18.6 Å². The molecule has 0 spiro atoms. The lowest BCUT2D eigenvalue weighted by Gasteiger charge is -2.20. The van der Waals surface area contributed by atoms with Gasteiger partial charge in [-0.3, -0.25) is 14.6 Å². The first-order valence-corrected chi connectivity index (χ1v) is 5.74. The molecule has 0 aliphatic carbocycles. The van der Waals surface area contributed by atoms with Gasteiger partial charge in [-0.15, -0.1) is 0 Å². The Balaban J connectivity index is 2.34. The molecule has 1 unspecified atom stereocenters. The van der Waals surface area contributed by atoms with Crippen molar-refractivity contribution in [3.8, 4) is 0 Å². The number of aromatic nitrogens is 1. The monoisotopic (exact) mass is 288 g/mol. The number of halogens is 3. The molecule has 1 atom stereocenters. The molecule has 0 bridgehead atoms. The van der Waals surface area contributed by atoms with E-state index < -0.39 is 29.5 Å². The largest absolute Gasteiger partial charge is 0.469 e. The lowest BCUT2D eigenvalue weighted by Crippen LogP contribution is -2.28. The highest BCUT2D eigenvalue weighted by molar-refractivity contribution is 5.99. The molecular weight excluding hydrogens is 277 g/mol. The molecule has 0 radical (unpaired) electrons. The van der Waals surface area contributed by atoms with E-state index in [4.69, 9.17) is 0 Å². The summed E-state index contributed by atoms with van der Waals surface area (Å²) in [7, 11) is 1.17. The van der Waals surface area contributed by atoms with Gasteiger partial charge in [0.05, 0.1) is 30.5 Å². The van der Waals surface area contributed by atoms with Crippen LogP contribution in [0.1, 0.15) is 12.0 Å². The van der Waals surface area contributed by atoms with Crippen molar-refractivity contribution in [1.29, 1.82) is 0 Å². The molecular formula is C12H11F3N2O3. The lowest BCUT2D eigenvalue weighted by molar-refractivity contribution is -0.145. The summed E-state index contributed by atoms with van der Waals surface area (Å²) < 4.78 is 43.2. The molecule has 1 fully saturated rings. The number of alkyl halides is 3. The number of anilines is 1. The van der Waals surface area contributed by atoms with Crippen molar-refractivity contribution in [3.63, 3.8) is 0 Å². The maximum atomic E-state index is 12.9. The van der Waals surface area contributed by atoms with Crippen molar-refractivity contribution < 1.29 is 27.5 Å². The average Bonchev–Trinajstić information content (AvgIpc) is 2.79. The molecule has 20 heavy (non-hydrogen) atoms. The van der Waals surface area contributed by atoms with Crippen LogP contribution in [0.25, 0.3) is 0 Å². The summed E-state index contributed by atoms with van der Waals surface area (Å²) in [5.74, 6) is -1.93. The number of amides is 1. The van der Waals surface area contributed by atoms with E-state index in [1.807, 2.05) is 0 Å². The van der Waals surface area contributed by atoms with Crippen LogP contribution in [-0.4, -0.2) is 30.5 Å². The van der Waals surface area contributed by atoms with Gasteiger partial charge in [-0.05, 0) is 6.07 Å². The van der Waals surface area contributed by atoms with E-state index in [0.717, 1.165) is 23.4 Å². The molecule has 8 heteroatoms. The molecule has 1 aliphatic heterocycles. The minimum Gasteiger partial charge on any atom is -0.469 e. The van der Waals surface area contributed by atoms with Gasteiger partial charge in [0.1, 0.15) is 0 Å². The molecule has 0 saturated carbocycles. The second-order valence-corrected chi connectivity index (χ2v) is 4.32. The Morgan fingerprint density at radius 1 is 1.50 bits per heavy atom. The van der Waals surface area contributed by atoms with Gasteiger partial charge >= 0.3 is 12.1 Å². The number of esters is 1. The number of carbonyl (C=O) groups is 2. The van der Waals surface area contributed by atoms with Crippen molar-refractivity contribution in [2.24, 2.45) is 5.92 Å². The van der Waals surface area contributed by atoms with Crippen LogP contribution in [0.4, 0.5) is 18.9 Å². The van der Waals surface area contributed by atoms with E-state index in [2.05, 4.69) is 9.72 Å². The number of ether oxygens (including phenoxy) is 1. The topological polar surface area (TPSA) is 59.5 Å². The SMILES string of the molecule is COC(=O)C1CC(=O)N(c2cnccc2C(F)(F)F)C1. The molecule has 1 aromatic rings. The fourth-order valence-electron chi connectivity index (χ4n) is 2.11. The van der Waals surface area contributed by atoms with E-state index >= 15 is 0 Å². The van der Waals surface area contributed by atoms with Gasteiger partial charge in [0, 0.05) is 19.2 Å². The smallest absolute Gasteiger partial charge is 0.418 e. The van der Waals surface area contributed by atoms with Crippen molar-refractivity contribution >= 4 is 17.6 Å². The highest BCUT2D eigenvalue weighted by Gasteiger charge is 2.41. The predicted octanol–water partition coefficient (Wildman–Crippen LogP) is 1.63. The van der Waals surface area contributed by atoms with Gasteiger partial charge < -0.3 is 9.64 Å². The third kappa shape index (κ3) is 2.59. The van der Waals surface area contributed by atoms with Gasteiger partial charge in [0.25, 0.3) is 0 Å². The van der Waals surface area contributed by atoms with E-state index in [9.17, 15) is 22.8 Å². The average molecular weight is 288 g/mol. The Kier molecular flexibility index (Phi) is 3.65. The molecule has 108 valence electrons. The highest BCUT2D eigenvalue weighted by Crippen LogP contribution is 2.38. The van der Waals surface area contributed by atoms with Crippen molar-refractivity contribution in [3.05, 3.63) is 24.0 Å². The first kappa shape index (κ1) is 14.3. The third-order valence-corrected chi connectivity index (χ3v) is 3.06. The van der Waals surface area contributed by atoms with Gasteiger partial charge in [0.15, 0.2) is 0 Å². The van der Waals surface area contributed by atoms with Gasteiger partial charge in [0.2, 0.25) is 5.91 Å². The summed E-state index contributed by atoms with van der Waals surface area (Å²) in [6, 6.07) is 0.800. The lowest BCUT2D eigenvalue weighted by atomic mass is 10.1. The molecule has 1 aliphatic rings. The Labute approximate surface area is 112 Å². The first-order valence-electron chi connectivity index (χ1n) is 5.74. The van der Waals surface area contributed by atoms with Crippen LogP contribution >= 0.6 is 0 Å². The van der Waals surface area contributed by atoms with E-state index in [1.165, 1.54) is 7.11 Å². The van der Waals surface area contributed by atoms with Gasteiger partial charge in [-0.2, -0.15) is 13.2 Å². The number of hydrogen-bond acceptors (Lipinski definition) is 4. The maximum absolute atomic E-state index is 12.9. The molecule has 5 nitrogen and oxygen atoms in total.